The molecule has 0 saturated heterocycles. The van der Waals surface area contributed by atoms with Crippen molar-refractivity contribution in [2.45, 2.75) is 25.9 Å². The Balaban J connectivity index is 2.05. The maximum Gasteiger partial charge on any atom is 0.129 e. The van der Waals surface area contributed by atoms with Crippen LogP contribution in [0.15, 0.2) is 24.4 Å². The summed E-state index contributed by atoms with van der Waals surface area (Å²) >= 11 is 0. The molecule has 0 spiro atoms. The maximum absolute atomic E-state index is 5.99. The molecule has 0 saturated carbocycles. The third-order valence-corrected chi connectivity index (χ3v) is 3.37. The lowest BCUT2D eigenvalue weighted by Crippen LogP contribution is -2.24. The van der Waals surface area contributed by atoms with E-state index in [1.807, 2.05) is 7.05 Å². The molecule has 3 rings (SSSR count). The number of anilines is 1. The molecular formula is C14H17N3O. The van der Waals surface area contributed by atoms with Gasteiger partial charge in [-0.3, -0.25) is 4.68 Å². The minimum Gasteiger partial charge on any atom is -0.487 e. The van der Waals surface area contributed by atoms with Gasteiger partial charge in [-0.15, -0.1) is 0 Å². The van der Waals surface area contributed by atoms with Gasteiger partial charge in [0.15, 0.2) is 0 Å². The number of aryl methyl sites for hydroxylation is 1. The van der Waals surface area contributed by atoms with Crippen LogP contribution >= 0.6 is 0 Å². The molecule has 0 aliphatic carbocycles. The molecule has 0 fully saturated rings. The van der Waals surface area contributed by atoms with Crippen LogP contribution < -0.4 is 10.5 Å². The van der Waals surface area contributed by atoms with Gasteiger partial charge in [0.2, 0.25) is 0 Å². The predicted molar refractivity (Wildman–Crippen MR) is 71.5 cm³/mol. The number of nitrogens with two attached hydrogens (primary N) is 1. The van der Waals surface area contributed by atoms with E-state index < -0.39 is 0 Å². The summed E-state index contributed by atoms with van der Waals surface area (Å²) in [4.78, 5) is 0. The molecule has 1 aliphatic rings. The molecular weight excluding hydrogens is 226 g/mol. The van der Waals surface area contributed by atoms with Gasteiger partial charge >= 0.3 is 0 Å². The Kier molecular flexibility index (Phi) is 2.17. The molecule has 0 amide bonds. The van der Waals surface area contributed by atoms with Gasteiger partial charge in [0.1, 0.15) is 17.2 Å². The van der Waals surface area contributed by atoms with Crippen molar-refractivity contribution in [3.8, 4) is 16.9 Å². The lowest BCUT2D eigenvalue weighted by atomic mass is 10.00. The molecule has 0 unspecified atom stereocenters. The smallest absolute Gasteiger partial charge is 0.129 e. The fourth-order valence-electron chi connectivity index (χ4n) is 2.42. The fourth-order valence-corrected chi connectivity index (χ4v) is 2.42. The number of nitrogens with zero attached hydrogens (tertiary/aromatic N) is 2. The second-order valence-electron chi connectivity index (χ2n) is 5.43. The number of benzene rings is 1. The largest absolute Gasteiger partial charge is 0.487 e. The summed E-state index contributed by atoms with van der Waals surface area (Å²) in [5.74, 6) is 1.63. The molecule has 2 heterocycles. The number of hydrogen-bond acceptors (Lipinski definition) is 3. The van der Waals surface area contributed by atoms with Crippen LogP contribution in [0.4, 0.5) is 5.82 Å². The van der Waals surface area contributed by atoms with E-state index >= 15 is 0 Å². The maximum atomic E-state index is 5.99. The highest BCUT2D eigenvalue weighted by Gasteiger charge is 2.30. The van der Waals surface area contributed by atoms with Crippen molar-refractivity contribution in [3.05, 3.63) is 30.0 Å². The molecule has 4 nitrogen and oxygen atoms in total. The van der Waals surface area contributed by atoms with Crippen molar-refractivity contribution >= 4 is 5.82 Å². The molecule has 0 radical (unpaired) electrons. The molecule has 1 aliphatic heterocycles. The predicted octanol–water partition coefficient (Wildman–Crippen LogP) is 2.38. The van der Waals surface area contributed by atoms with E-state index in [1.54, 1.807) is 10.9 Å². The third kappa shape index (κ3) is 1.65. The molecule has 18 heavy (non-hydrogen) atoms. The Labute approximate surface area is 106 Å². The van der Waals surface area contributed by atoms with E-state index in [4.69, 9.17) is 10.5 Å². The van der Waals surface area contributed by atoms with Gasteiger partial charge in [0.05, 0.1) is 6.20 Å². The van der Waals surface area contributed by atoms with Gasteiger partial charge in [0, 0.05) is 19.0 Å². The first-order chi connectivity index (χ1) is 8.46. The summed E-state index contributed by atoms with van der Waals surface area (Å²) in [5.41, 5.74) is 9.14. The molecule has 0 atom stereocenters. The standard InChI is InChI=1S/C14H17N3O/c1-14(2)7-10-5-4-9(6-12(10)18-14)11-8-16-17(3)13(11)15/h4-6,8H,7,15H2,1-3H3. The van der Waals surface area contributed by atoms with Crippen LogP contribution in [0.1, 0.15) is 19.4 Å². The normalized spacial score (nSPS) is 16.4. The van der Waals surface area contributed by atoms with Crippen LogP contribution in [0.5, 0.6) is 5.75 Å². The van der Waals surface area contributed by atoms with Crippen LogP contribution in [-0.2, 0) is 13.5 Å². The second kappa shape index (κ2) is 3.51. The number of aromatic nitrogens is 2. The highest BCUT2D eigenvalue weighted by molar-refractivity contribution is 5.75. The minimum atomic E-state index is -0.110. The minimum absolute atomic E-state index is 0.110. The van der Waals surface area contributed by atoms with Crippen molar-refractivity contribution in [2.75, 3.05) is 5.73 Å². The van der Waals surface area contributed by atoms with Crippen molar-refractivity contribution in [3.63, 3.8) is 0 Å². The zero-order chi connectivity index (χ0) is 12.9. The summed E-state index contributed by atoms with van der Waals surface area (Å²) in [5, 5.41) is 4.17. The summed E-state index contributed by atoms with van der Waals surface area (Å²) < 4.78 is 7.61. The van der Waals surface area contributed by atoms with Crippen LogP contribution in [0.2, 0.25) is 0 Å². The highest BCUT2D eigenvalue weighted by Crippen LogP contribution is 2.38. The molecule has 4 heteroatoms. The summed E-state index contributed by atoms with van der Waals surface area (Å²) in [6.07, 6.45) is 2.74. The van der Waals surface area contributed by atoms with Gasteiger partial charge in [-0.25, -0.2) is 0 Å². The first-order valence-corrected chi connectivity index (χ1v) is 6.06. The SMILES string of the molecule is Cn1ncc(-c2ccc3c(c2)OC(C)(C)C3)c1N. The number of fused-ring (bicyclic) bond motifs is 1. The van der Waals surface area contributed by atoms with Crippen LogP contribution in [0, 0.1) is 0 Å². The first kappa shape index (κ1) is 11.1. The summed E-state index contributed by atoms with van der Waals surface area (Å²) in [6.45, 7) is 4.20. The zero-order valence-corrected chi connectivity index (χ0v) is 10.9. The third-order valence-electron chi connectivity index (χ3n) is 3.37. The van der Waals surface area contributed by atoms with E-state index in [0.29, 0.717) is 5.82 Å². The molecule has 2 aromatic rings. The summed E-state index contributed by atoms with van der Waals surface area (Å²) in [7, 11) is 1.84. The monoisotopic (exact) mass is 243 g/mol. The number of ether oxygens (including phenoxy) is 1. The average molecular weight is 243 g/mol. The highest BCUT2D eigenvalue weighted by atomic mass is 16.5. The fraction of sp³-hybridized carbons (Fsp3) is 0.357. The van der Waals surface area contributed by atoms with Crippen LogP contribution in [-0.4, -0.2) is 15.4 Å². The van der Waals surface area contributed by atoms with Crippen molar-refractivity contribution in [1.82, 2.24) is 9.78 Å². The van der Waals surface area contributed by atoms with E-state index in [9.17, 15) is 0 Å². The Morgan fingerprint density at radius 3 is 2.83 bits per heavy atom. The van der Waals surface area contributed by atoms with Gasteiger partial charge in [-0.1, -0.05) is 12.1 Å². The molecule has 1 aromatic heterocycles. The number of nitrogen functional groups attached to an aromatic ring is 1. The number of hydrogen-bond donors (Lipinski definition) is 1. The summed E-state index contributed by atoms with van der Waals surface area (Å²) in [6, 6.07) is 6.25. The zero-order valence-electron chi connectivity index (χ0n) is 10.9. The van der Waals surface area contributed by atoms with Crippen molar-refractivity contribution < 1.29 is 4.74 Å². The number of rotatable bonds is 1. The lowest BCUT2D eigenvalue weighted by Gasteiger charge is -2.16. The Bertz CT molecular complexity index is 613. The second-order valence-corrected chi connectivity index (χ2v) is 5.43. The van der Waals surface area contributed by atoms with E-state index in [1.165, 1.54) is 5.56 Å². The van der Waals surface area contributed by atoms with Crippen molar-refractivity contribution in [1.29, 1.82) is 0 Å². The van der Waals surface area contributed by atoms with Crippen molar-refractivity contribution in [2.24, 2.45) is 7.05 Å². The lowest BCUT2D eigenvalue weighted by molar-refractivity contribution is 0.138. The van der Waals surface area contributed by atoms with Gasteiger partial charge < -0.3 is 10.5 Å². The van der Waals surface area contributed by atoms with Crippen LogP contribution in [0.25, 0.3) is 11.1 Å². The van der Waals surface area contributed by atoms with Gasteiger partial charge in [-0.05, 0) is 31.0 Å². The average Bonchev–Trinajstić information content (AvgIpc) is 2.77. The van der Waals surface area contributed by atoms with Gasteiger partial charge in [-0.2, -0.15) is 5.10 Å². The first-order valence-electron chi connectivity index (χ1n) is 6.06. The molecule has 1 aromatic carbocycles. The van der Waals surface area contributed by atoms with E-state index in [2.05, 4.69) is 37.1 Å². The van der Waals surface area contributed by atoms with Crippen LogP contribution in [0.3, 0.4) is 0 Å². The quantitative estimate of drug-likeness (QED) is 0.836. The molecule has 2 N–H and O–H groups in total. The van der Waals surface area contributed by atoms with Gasteiger partial charge in [0.25, 0.3) is 0 Å². The Morgan fingerprint density at radius 1 is 1.39 bits per heavy atom. The Hall–Kier alpha value is -1.97. The Morgan fingerprint density at radius 2 is 2.17 bits per heavy atom. The molecule has 94 valence electrons. The van der Waals surface area contributed by atoms with E-state index in [-0.39, 0.29) is 5.60 Å². The molecule has 0 bridgehead atoms. The topological polar surface area (TPSA) is 53.1 Å². The van der Waals surface area contributed by atoms with E-state index in [0.717, 1.165) is 23.3 Å².